The highest BCUT2D eigenvalue weighted by atomic mass is 14.7. The second-order valence-electron chi connectivity index (χ2n) is 9.43. The summed E-state index contributed by atoms with van der Waals surface area (Å²) in [4.78, 5) is 4.60. The first kappa shape index (κ1) is 19.5. The van der Waals surface area contributed by atoms with Crippen LogP contribution in [-0.4, -0.2) is 4.98 Å². The zero-order valence-electron chi connectivity index (χ0n) is 18.0. The van der Waals surface area contributed by atoms with Gasteiger partial charge in [-0.15, -0.1) is 0 Å². The molecule has 0 atom stereocenters. The van der Waals surface area contributed by atoms with Crippen molar-refractivity contribution >= 4 is 0 Å². The van der Waals surface area contributed by atoms with E-state index in [4.69, 9.17) is 0 Å². The van der Waals surface area contributed by atoms with Crippen molar-refractivity contribution in [2.75, 3.05) is 0 Å². The maximum Gasteiger partial charge on any atom is 0.0708 e. The van der Waals surface area contributed by atoms with E-state index in [2.05, 4.69) is 71.7 Å². The van der Waals surface area contributed by atoms with E-state index in [1.807, 2.05) is 6.20 Å². The predicted octanol–water partition coefficient (Wildman–Crippen LogP) is 8.27. The Morgan fingerprint density at radius 3 is 2.07 bits per heavy atom. The summed E-state index contributed by atoms with van der Waals surface area (Å²) in [6.07, 6.45) is 15.0. The Hall–Kier alpha value is -2.41. The summed E-state index contributed by atoms with van der Waals surface area (Å²) < 4.78 is 0. The van der Waals surface area contributed by atoms with Gasteiger partial charge >= 0.3 is 0 Å². The van der Waals surface area contributed by atoms with Gasteiger partial charge in [0, 0.05) is 11.8 Å². The van der Waals surface area contributed by atoms with Gasteiger partial charge in [0.2, 0.25) is 0 Å². The van der Waals surface area contributed by atoms with E-state index < -0.39 is 0 Å². The van der Waals surface area contributed by atoms with Crippen molar-refractivity contribution in [2.45, 2.75) is 63.7 Å². The highest BCUT2D eigenvalue weighted by Gasteiger charge is 2.29. The molecule has 2 aromatic carbocycles. The van der Waals surface area contributed by atoms with Gasteiger partial charge in [0.1, 0.15) is 0 Å². The average molecular weight is 396 g/mol. The van der Waals surface area contributed by atoms with E-state index in [0.29, 0.717) is 0 Å². The molecule has 0 unspecified atom stereocenters. The molecule has 0 N–H and O–H groups in total. The van der Waals surface area contributed by atoms with Crippen molar-refractivity contribution in [3.63, 3.8) is 0 Å². The number of hydrogen-bond donors (Lipinski definition) is 0. The molecule has 2 aliphatic rings. The van der Waals surface area contributed by atoms with Crippen molar-refractivity contribution in [1.29, 1.82) is 0 Å². The van der Waals surface area contributed by atoms with Crippen molar-refractivity contribution in [1.82, 2.24) is 4.98 Å². The third-order valence-corrected chi connectivity index (χ3v) is 7.61. The molecule has 0 aliphatic heterocycles. The number of hydrogen-bond acceptors (Lipinski definition) is 1. The first-order valence-electron chi connectivity index (χ1n) is 12.0. The van der Waals surface area contributed by atoms with Crippen LogP contribution in [0.25, 0.3) is 22.4 Å². The van der Waals surface area contributed by atoms with Gasteiger partial charge in [0.15, 0.2) is 0 Å². The number of aromatic nitrogens is 1. The zero-order valence-corrected chi connectivity index (χ0v) is 18.0. The standard InChI is InChI=1S/C29H33N/c1-3-8-22(9-4-1)23-14-16-24(17-15-23)26-12-7-13-27(20-26)28-18-19-30-29(21-28)25-10-5-2-6-11-25/h2,5-7,10-13,18-24H,1,3-4,8-9,14-17H2. The minimum Gasteiger partial charge on any atom is -0.256 e. The first-order valence-corrected chi connectivity index (χ1v) is 12.0. The van der Waals surface area contributed by atoms with Gasteiger partial charge in [-0.25, -0.2) is 0 Å². The minimum absolute atomic E-state index is 0.736. The molecular weight excluding hydrogens is 362 g/mol. The summed E-state index contributed by atoms with van der Waals surface area (Å²) in [5.74, 6) is 2.76. The molecular formula is C29H33N. The van der Waals surface area contributed by atoms with Gasteiger partial charge in [-0.3, -0.25) is 4.98 Å². The lowest BCUT2D eigenvalue weighted by atomic mass is 9.70. The number of pyridine rings is 1. The quantitative estimate of drug-likeness (QED) is 0.433. The Morgan fingerprint density at radius 1 is 0.567 bits per heavy atom. The van der Waals surface area contributed by atoms with E-state index in [-0.39, 0.29) is 0 Å². The second kappa shape index (κ2) is 9.16. The molecule has 0 bridgehead atoms. The number of rotatable bonds is 4. The lowest BCUT2D eigenvalue weighted by Gasteiger charge is -2.36. The molecule has 1 aromatic heterocycles. The minimum atomic E-state index is 0.736. The summed E-state index contributed by atoms with van der Waals surface area (Å²) in [7, 11) is 0. The molecule has 2 fully saturated rings. The van der Waals surface area contributed by atoms with Crippen LogP contribution in [0.15, 0.2) is 72.9 Å². The van der Waals surface area contributed by atoms with Crippen molar-refractivity contribution in [3.8, 4) is 22.4 Å². The molecule has 154 valence electrons. The first-order chi connectivity index (χ1) is 14.9. The Morgan fingerprint density at radius 2 is 1.27 bits per heavy atom. The van der Waals surface area contributed by atoms with Crippen LogP contribution in [0.4, 0.5) is 0 Å². The topological polar surface area (TPSA) is 12.9 Å². The molecule has 1 heteroatoms. The third-order valence-electron chi connectivity index (χ3n) is 7.61. The van der Waals surface area contributed by atoms with Gasteiger partial charge in [-0.1, -0.05) is 86.7 Å². The lowest BCUT2D eigenvalue weighted by Crippen LogP contribution is -2.23. The van der Waals surface area contributed by atoms with Crippen LogP contribution in [0.3, 0.4) is 0 Å². The zero-order chi connectivity index (χ0) is 20.2. The van der Waals surface area contributed by atoms with E-state index in [1.165, 1.54) is 80.0 Å². The summed E-state index contributed by atoms with van der Waals surface area (Å²) in [5.41, 5.74) is 6.35. The highest BCUT2D eigenvalue weighted by Crippen LogP contribution is 2.43. The van der Waals surface area contributed by atoms with Crippen molar-refractivity contribution < 1.29 is 0 Å². The maximum absolute atomic E-state index is 4.60. The fraction of sp³-hybridized carbons (Fsp3) is 0.414. The Bertz CT molecular complexity index is 947. The van der Waals surface area contributed by atoms with Crippen LogP contribution >= 0.6 is 0 Å². The van der Waals surface area contributed by atoms with Crippen LogP contribution < -0.4 is 0 Å². The van der Waals surface area contributed by atoms with E-state index in [0.717, 1.165) is 23.4 Å². The average Bonchev–Trinajstić information content (AvgIpc) is 2.85. The molecule has 5 rings (SSSR count). The molecule has 30 heavy (non-hydrogen) atoms. The van der Waals surface area contributed by atoms with Gasteiger partial charge in [0.05, 0.1) is 5.69 Å². The molecule has 1 nitrogen and oxygen atoms in total. The van der Waals surface area contributed by atoms with E-state index >= 15 is 0 Å². The van der Waals surface area contributed by atoms with Crippen molar-refractivity contribution in [2.24, 2.45) is 11.8 Å². The maximum atomic E-state index is 4.60. The number of nitrogens with zero attached hydrogens (tertiary/aromatic N) is 1. The molecule has 0 spiro atoms. The van der Waals surface area contributed by atoms with Crippen LogP contribution in [0.5, 0.6) is 0 Å². The SMILES string of the molecule is c1ccc(-c2cc(-c3cccc(C4CCC(C5CCCCC5)CC4)c3)ccn2)cc1. The predicted molar refractivity (Wildman–Crippen MR) is 126 cm³/mol. The molecule has 0 amide bonds. The molecule has 2 saturated carbocycles. The highest BCUT2D eigenvalue weighted by molar-refractivity contribution is 5.70. The summed E-state index contributed by atoms with van der Waals surface area (Å²) in [6.45, 7) is 0. The fourth-order valence-corrected chi connectivity index (χ4v) is 5.88. The molecule has 1 heterocycles. The second-order valence-corrected chi connectivity index (χ2v) is 9.43. The molecule has 0 radical (unpaired) electrons. The normalized spacial score (nSPS) is 22.7. The Labute approximate surface area is 181 Å². The van der Waals surface area contributed by atoms with E-state index in [9.17, 15) is 0 Å². The van der Waals surface area contributed by atoms with E-state index in [1.54, 1.807) is 0 Å². The van der Waals surface area contributed by atoms with Crippen LogP contribution in [0.1, 0.15) is 69.3 Å². The monoisotopic (exact) mass is 395 g/mol. The van der Waals surface area contributed by atoms with Gasteiger partial charge in [-0.2, -0.15) is 0 Å². The van der Waals surface area contributed by atoms with Crippen molar-refractivity contribution in [3.05, 3.63) is 78.5 Å². The van der Waals surface area contributed by atoms with Gasteiger partial charge in [0.25, 0.3) is 0 Å². The Kier molecular flexibility index (Phi) is 5.97. The summed E-state index contributed by atoms with van der Waals surface area (Å²) in [5, 5.41) is 0. The smallest absolute Gasteiger partial charge is 0.0708 e. The molecule has 3 aromatic rings. The molecule has 2 aliphatic carbocycles. The lowest BCUT2D eigenvalue weighted by molar-refractivity contribution is 0.186. The number of benzene rings is 2. The van der Waals surface area contributed by atoms with Gasteiger partial charge in [-0.05, 0) is 72.3 Å². The summed E-state index contributed by atoms with van der Waals surface area (Å²) in [6, 6.07) is 24.1. The van der Waals surface area contributed by atoms with Crippen LogP contribution in [-0.2, 0) is 0 Å². The molecule has 0 saturated heterocycles. The summed E-state index contributed by atoms with van der Waals surface area (Å²) >= 11 is 0. The fourth-order valence-electron chi connectivity index (χ4n) is 5.88. The third kappa shape index (κ3) is 4.36. The van der Waals surface area contributed by atoms with Gasteiger partial charge < -0.3 is 0 Å². The van der Waals surface area contributed by atoms with Crippen LogP contribution in [0, 0.1) is 11.8 Å². The Balaban J connectivity index is 1.31. The van der Waals surface area contributed by atoms with Crippen LogP contribution in [0.2, 0.25) is 0 Å². The largest absolute Gasteiger partial charge is 0.256 e.